The van der Waals surface area contributed by atoms with Crippen LogP contribution in [-0.4, -0.2) is 46.7 Å². The third-order valence-electron chi connectivity index (χ3n) is 5.26. The molecule has 0 radical (unpaired) electrons. The van der Waals surface area contributed by atoms with Crippen LogP contribution < -0.4 is 5.56 Å². The van der Waals surface area contributed by atoms with Gasteiger partial charge in [-0.25, -0.2) is 0 Å². The van der Waals surface area contributed by atoms with Crippen LogP contribution in [-0.2, 0) is 4.74 Å². The number of ether oxygens (including phenoxy) is 1. The molecule has 1 saturated heterocycles. The summed E-state index contributed by atoms with van der Waals surface area (Å²) in [6.07, 6.45) is 0. The lowest BCUT2D eigenvalue weighted by molar-refractivity contribution is 0.0303. The molecular weight excluding hydrogens is 374 g/mol. The molecule has 0 aliphatic carbocycles. The number of carbonyl (C=O) groups is 1. The number of amides is 1. The first-order valence-electron chi connectivity index (χ1n) is 9.20. The fourth-order valence-electron chi connectivity index (χ4n) is 3.50. The summed E-state index contributed by atoms with van der Waals surface area (Å²) in [6.45, 7) is 6.20. The minimum atomic E-state index is -0.196. The zero-order valence-electron chi connectivity index (χ0n) is 15.8. The number of fused-ring (bicyclic) bond motifs is 1. The van der Waals surface area contributed by atoms with Crippen molar-refractivity contribution >= 4 is 29.0 Å². The summed E-state index contributed by atoms with van der Waals surface area (Å²) >= 11 is 5.48. The van der Waals surface area contributed by atoms with Gasteiger partial charge in [0.25, 0.3) is 11.5 Å². The molecule has 7 heteroatoms. The Hall–Kier alpha value is -2.77. The number of rotatable bonds is 2. The van der Waals surface area contributed by atoms with Crippen LogP contribution in [0, 0.1) is 18.6 Å². The minimum Gasteiger partial charge on any atom is -0.378 e. The van der Waals surface area contributed by atoms with E-state index in [9.17, 15) is 9.59 Å². The van der Waals surface area contributed by atoms with E-state index < -0.39 is 0 Å². The van der Waals surface area contributed by atoms with Crippen molar-refractivity contribution in [1.29, 1.82) is 0 Å². The van der Waals surface area contributed by atoms with Gasteiger partial charge in [-0.1, -0.05) is 12.1 Å². The Morgan fingerprint density at radius 2 is 1.89 bits per heavy atom. The number of aromatic amines is 1. The van der Waals surface area contributed by atoms with Gasteiger partial charge in [0.05, 0.1) is 29.8 Å². The van der Waals surface area contributed by atoms with Crippen molar-refractivity contribution < 1.29 is 9.53 Å². The van der Waals surface area contributed by atoms with Crippen molar-refractivity contribution in [2.45, 2.75) is 13.8 Å². The van der Waals surface area contributed by atoms with Gasteiger partial charge in [0.2, 0.25) is 0 Å². The van der Waals surface area contributed by atoms with Gasteiger partial charge >= 0.3 is 0 Å². The lowest BCUT2D eigenvalue weighted by Gasteiger charge is -2.26. The third-order valence-corrected chi connectivity index (χ3v) is 5.54. The highest BCUT2D eigenvalue weighted by molar-refractivity contribution is 7.71. The van der Waals surface area contributed by atoms with E-state index >= 15 is 0 Å². The zero-order chi connectivity index (χ0) is 19.8. The van der Waals surface area contributed by atoms with E-state index in [1.807, 2.05) is 32.0 Å². The van der Waals surface area contributed by atoms with Crippen LogP contribution in [0.25, 0.3) is 16.6 Å². The molecule has 1 N–H and O–H groups in total. The molecule has 28 heavy (non-hydrogen) atoms. The fourth-order valence-corrected chi connectivity index (χ4v) is 3.79. The number of aryl methyl sites for hydroxylation is 1. The van der Waals surface area contributed by atoms with Crippen molar-refractivity contribution in [2.24, 2.45) is 0 Å². The second-order valence-electron chi connectivity index (χ2n) is 6.95. The van der Waals surface area contributed by atoms with Crippen LogP contribution in [0.5, 0.6) is 0 Å². The number of nitrogens with one attached hydrogen (secondary N) is 1. The number of aromatic nitrogens is 2. The van der Waals surface area contributed by atoms with Gasteiger partial charge < -0.3 is 14.6 Å². The summed E-state index contributed by atoms with van der Waals surface area (Å²) in [5.74, 6) is -0.0665. The molecule has 0 saturated carbocycles. The number of H-pyrrole nitrogens is 1. The number of hydrogen-bond acceptors (Lipinski definition) is 4. The molecule has 4 rings (SSSR count). The van der Waals surface area contributed by atoms with E-state index in [0.717, 1.165) is 16.8 Å². The standard InChI is InChI=1S/C21H21N3O3S/c1-13-4-3-5-18(14(13)2)24-20(26)16-7-6-15(12-17(16)22-21(24)28)19(25)23-8-10-27-11-9-23/h3-7,12H,8-11H2,1-2H3,(H,22,28). The Morgan fingerprint density at radius 1 is 1.14 bits per heavy atom. The average Bonchev–Trinajstić information content (AvgIpc) is 2.70. The predicted octanol–water partition coefficient (Wildman–Crippen LogP) is 3.14. The number of nitrogens with zero attached hydrogens (tertiary/aromatic N) is 2. The normalized spacial score (nSPS) is 14.4. The van der Waals surface area contributed by atoms with Crippen molar-refractivity contribution in [3.8, 4) is 5.69 Å². The van der Waals surface area contributed by atoms with Gasteiger partial charge in [-0.2, -0.15) is 0 Å². The highest BCUT2D eigenvalue weighted by Crippen LogP contribution is 2.19. The maximum absolute atomic E-state index is 13.2. The van der Waals surface area contributed by atoms with Crippen LogP contribution in [0.3, 0.4) is 0 Å². The molecule has 3 aromatic rings. The Bertz CT molecular complexity index is 1190. The van der Waals surface area contributed by atoms with Crippen LogP contribution in [0.4, 0.5) is 0 Å². The first kappa shape index (κ1) is 18.6. The van der Waals surface area contributed by atoms with Crippen LogP contribution >= 0.6 is 12.2 Å². The van der Waals surface area contributed by atoms with E-state index in [4.69, 9.17) is 17.0 Å². The quantitative estimate of drug-likeness (QED) is 0.677. The largest absolute Gasteiger partial charge is 0.378 e. The van der Waals surface area contributed by atoms with E-state index in [2.05, 4.69) is 4.98 Å². The van der Waals surface area contributed by atoms with Crippen molar-refractivity contribution in [1.82, 2.24) is 14.5 Å². The van der Waals surface area contributed by atoms with Crippen molar-refractivity contribution in [3.05, 3.63) is 68.2 Å². The molecule has 6 nitrogen and oxygen atoms in total. The van der Waals surface area contributed by atoms with Gasteiger partial charge in [-0.05, 0) is 61.5 Å². The van der Waals surface area contributed by atoms with E-state index in [0.29, 0.717) is 47.5 Å². The highest BCUT2D eigenvalue weighted by Gasteiger charge is 2.19. The Morgan fingerprint density at radius 3 is 2.64 bits per heavy atom. The first-order chi connectivity index (χ1) is 13.5. The van der Waals surface area contributed by atoms with E-state index in [-0.39, 0.29) is 11.5 Å². The van der Waals surface area contributed by atoms with Gasteiger partial charge in [0.1, 0.15) is 0 Å². The van der Waals surface area contributed by atoms with Gasteiger partial charge in [-0.3, -0.25) is 14.2 Å². The molecule has 1 fully saturated rings. The molecule has 1 aliphatic heterocycles. The lowest BCUT2D eigenvalue weighted by atomic mass is 10.1. The topological polar surface area (TPSA) is 67.3 Å². The molecule has 1 amide bonds. The summed E-state index contributed by atoms with van der Waals surface area (Å²) in [5, 5.41) is 0.494. The molecule has 0 spiro atoms. The zero-order valence-corrected chi connectivity index (χ0v) is 16.6. The lowest BCUT2D eigenvalue weighted by Crippen LogP contribution is -2.40. The number of benzene rings is 2. The maximum Gasteiger partial charge on any atom is 0.266 e. The number of carbonyl (C=O) groups excluding carboxylic acids is 1. The summed E-state index contributed by atoms with van der Waals surface area (Å²) in [4.78, 5) is 30.8. The highest BCUT2D eigenvalue weighted by atomic mass is 32.1. The monoisotopic (exact) mass is 395 g/mol. The van der Waals surface area contributed by atoms with Crippen molar-refractivity contribution in [3.63, 3.8) is 0 Å². The summed E-state index contributed by atoms with van der Waals surface area (Å²) < 4.78 is 7.13. The van der Waals surface area contributed by atoms with Crippen LogP contribution in [0.2, 0.25) is 0 Å². The van der Waals surface area contributed by atoms with Gasteiger partial charge in [0.15, 0.2) is 4.77 Å². The van der Waals surface area contributed by atoms with E-state index in [1.165, 1.54) is 4.57 Å². The molecule has 2 aromatic carbocycles. The minimum absolute atomic E-state index is 0.0665. The van der Waals surface area contributed by atoms with Gasteiger partial charge in [-0.15, -0.1) is 0 Å². The number of morpholine rings is 1. The van der Waals surface area contributed by atoms with Gasteiger partial charge in [0, 0.05) is 18.7 Å². The third kappa shape index (κ3) is 3.16. The molecule has 2 heterocycles. The maximum atomic E-state index is 13.2. The summed E-state index contributed by atoms with van der Waals surface area (Å²) in [7, 11) is 0. The molecule has 1 aliphatic rings. The second-order valence-corrected chi connectivity index (χ2v) is 7.34. The molecular formula is C21H21N3O3S. The molecule has 1 aromatic heterocycles. The molecule has 0 atom stereocenters. The van der Waals surface area contributed by atoms with Crippen LogP contribution in [0.15, 0.2) is 41.2 Å². The molecule has 0 bridgehead atoms. The predicted molar refractivity (Wildman–Crippen MR) is 111 cm³/mol. The Labute approximate surface area is 167 Å². The Kier molecular flexibility index (Phi) is 4.87. The smallest absolute Gasteiger partial charge is 0.266 e. The number of hydrogen-bond donors (Lipinski definition) is 1. The second kappa shape index (κ2) is 7.33. The SMILES string of the molecule is Cc1cccc(-n2c(=S)[nH]c3cc(C(=O)N4CCOCC4)ccc3c2=O)c1C. The summed E-state index contributed by atoms with van der Waals surface area (Å²) in [5.41, 5.74) is 3.76. The van der Waals surface area contributed by atoms with Crippen LogP contribution in [0.1, 0.15) is 21.5 Å². The fraction of sp³-hybridized carbons (Fsp3) is 0.286. The average molecular weight is 395 g/mol. The van der Waals surface area contributed by atoms with E-state index in [1.54, 1.807) is 23.1 Å². The molecule has 144 valence electrons. The van der Waals surface area contributed by atoms with Crippen molar-refractivity contribution in [2.75, 3.05) is 26.3 Å². The summed E-state index contributed by atoms with van der Waals surface area (Å²) in [6, 6.07) is 10.9. The Balaban J connectivity index is 1.83. The molecule has 0 unspecified atom stereocenters. The first-order valence-corrected chi connectivity index (χ1v) is 9.61.